The van der Waals surface area contributed by atoms with Crippen molar-refractivity contribution in [3.8, 4) is 0 Å². The second kappa shape index (κ2) is 3.14. The van der Waals surface area contributed by atoms with Gasteiger partial charge in [0.25, 0.3) is 5.56 Å². The maximum absolute atomic E-state index is 11.3. The second-order valence-corrected chi connectivity index (χ2v) is 4.62. The molecule has 0 unspecified atom stereocenters. The summed E-state index contributed by atoms with van der Waals surface area (Å²) in [6.07, 6.45) is 0. The molecule has 72 valence electrons. The van der Waals surface area contributed by atoms with E-state index < -0.39 is 0 Å². The first-order valence-electron chi connectivity index (χ1n) is 3.88. The summed E-state index contributed by atoms with van der Waals surface area (Å²) >= 11 is 3.13. The topological polar surface area (TPSA) is 71.8 Å². The van der Waals surface area contributed by atoms with Crippen LogP contribution in [0.2, 0.25) is 0 Å². The van der Waals surface area contributed by atoms with Gasteiger partial charge in [-0.15, -0.1) is 0 Å². The van der Waals surface area contributed by atoms with Crippen LogP contribution in [-0.2, 0) is 5.41 Å². The molecule has 3 N–H and O–H groups in total. The Balaban J connectivity index is 3.38. The molecule has 0 saturated heterocycles. The number of anilines is 1. The average Bonchev–Trinajstić information content (AvgIpc) is 1.97. The summed E-state index contributed by atoms with van der Waals surface area (Å²) in [5, 5.41) is 0. The van der Waals surface area contributed by atoms with Crippen LogP contribution in [0.4, 0.5) is 5.69 Å². The number of halogens is 1. The SMILES string of the molecule is CC(C)(C)c1nc(Br)c(N)c(=O)[nH]1. The number of nitrogens with one attached hydrogen (secondary N) is 1. The van der Waals surface area contributed by atoms with Gasteiger partial charge in [-0.1, -0.05) is 20.8 Å². The van der Waals surface area contributed by atoms with E-state index in [0.717, 1.165) is 0 Å². The Labute approximate surface area is 84.7 Å². The van der Waals surface area contributed by atoms with Crippen LogP contribution in [0.3, 0.4) is 0 Å². The van der Waals surface area contributed by atoms with Gasteiger partial charge in [0.1, 0.15) is 16.1 Å². The molecule has 0 aliphatic heterocycles. The van der Waals surface area contributed by atoms with Crippen LogP contribution in [0.1, 0.15) is 26.6 Å². The fourth-order valence-electron chi connectivity index (χ4n) is 0.810. The van der Waals surface area contributed by atoms with Crippen LogP contribution in [0.25, 0.3) is 0 Å². The van der Waals surface area contributed by atoms with E-state index in [1.165, 1.54) is 0 Å². The van der Waals surface area contributed by atoms with Crippen molar-refractivity contribution in [1.29, 1.82) is 0 Å². The summed E-state index contributed by atoms with van der Waals surface area (Å²) < 4.78 is 0.404. The zero-order valence-electron chi connectivity index (χ0n) is 7.81. The Hall–Kier alpha value is -0.840. The molecule has 5 heteroatoms. The van der Waals surface area contributed by atoms with Crippen LogP contribution in [0, 0.1) is 0 Å². The molecule has 0 aromatic carbocycles. The van der Waals surface area contributed by atoms with Gasteiger partial charge in [-0.3, -0.25) is 4.79 Å². The minimum Gasteiger partial charge on any atom is -0.392 e. The summed E-state index contributed by atoms with van der Waals surface area (Å²) in [6, 6.07) is 0. The zero-order valence-corrected chi connectivity index (χ0v) is 9.40. The minimum atomic E-state index is -0.299. The molecular formula is C8H12BrN3O. The quantitative estimate of drug-likeness (QED) is 0.680. The van der Waals surface area contributed by atoms with Crippen molar-refractivity contribution < 1.29 is 0 Å². The molecule has 0 bridgehead atoms. The number of hydrogen-bond donors (Lipinski definition) is 2. The standard InChI is InChI=1S/C8H12BrN3O/c1-8(2,3)7-11-5(9)4(10)6(13)12-7/h10H2,1-3H3,(H,11,12,13). The number of aromatic nitrogens is 2. The first kappa shape index (κ1) is 10.2. The van der Waals surface area contributed by atoms with E-state index in [1.54, 1.807) is 0 Å². The first-order valence-corrected chi connectivity index (χ1v) is 4.67. The number of H-pyrrole nitrogens is 1. The third-order valence-corrected chi connectivity index (χ3v) is 2.22. The van der Waals surface area contributed by atoms with Crippen LogP contribution in [-0.4, -0.2) is 9.97 Å². The van der Waals surface area contributed by atoms with E-state index in [-0.39, 0.29) is 16.7 Å². The molecule has 0 saturated carbocycles. The maximum atomic E-state index is 11.3. The van der Waals surface area contributed by atoms with E-state index in [9.17, 15) is 4.79 Å². The maximum Gasteiger partial charge on any atom is 0.275 e. The van der Waals surface area contributed by atoms with E-state index >= 15 is 0 Å². The highest BCUT2D eigenvalue weighted by Crippen LogP contribution is 2.20. The molecule has 1 aromatic heterocycles. The van der Waals surface area contributed by atoms with Crippen molar-refractivity contribution in [3.05, 3.63) is 20.8 Å². The number of nitrogens with two attached hydrogens (primary N) is 1. The van der Waals surface area contributed by atoms with Gasteiger partial charge >= 0.3 is 0 Å². The molecular weight excluding hydrogens is 234 g/mol. The van der Waals surface area contributed by atoms with E-state index in [1.807, 2.05) is 20.8 Å². The van der Waals surface area contributed by atoms with E-state index in [4.69, 9.17) is 5.73 Å². The Kier molecular flexibility index (Phi) is 2.47. The largest absolute Gasteiger partial charge is 0.392 e. The lowest BCUT2D eigenvalue weighted by molar-refractivity contribution is 0.541. The molecule has 0 spiro atoms. The first-order chi connectivity index (χ1) is 5.82. The van der Waals surface area contributed by atoms with Gasteiger partial charge in [0.05, 0.1) is 0 Å². The molecule has 0 amide bonds. The molecule has 0 atom stereocenters. The molecule has 4 nitrogen and oxygen atoms in total. The second-order valence-electron chi connectivity index (χ2n) is 3.87. The summed E-state index contributed by atoms with van der Waals surface area (Å²) in [5.41, 5.74) is 5.08. The molecule has 1 rings (SSSR count). The van der Waals surface area contributed by atoms with Crippen molar-refractivity contribution in [3.63, 3.8) is 0 Å². The van der Waals surface area contributed by atoms with Crippen molar-refractivity contribution >= 4 is 21.6 Å². The van der Waals surface area contributed by atoms with E-state index in [2.05, 4.69) is 25.9 Å². The van der Waals surface area contributed by atoms with Gasteiger partial charge in [0, 0.05) is 5.41 Å². The number of rotatable bonds is 0. The predicted molar refractivity (Wildman–Crippen MR) is 55.7 cm³/mol. The molecule has 1 aromatic rings. The number of hydrogen-bond acceptors (Lipinski definition) is 3. The van der Waals surface area contributed by atoms with Gasteiger partial charge in [0.15, 0.2) is 0 Å². The van der Waals surface area contributed by atoms with Gasteiger partial charge in [0.2, 0.25) is 0 Å². The third kappa shape index (κ3) is 2.09. The minimum absolute atomic E-state index is 0.119. The van der Waals surface area contributed by atoms with Gasteiger partial charge in [-0.25, -0.2) is 4.98 Å². The lowest BCUT2D eigenvalue weighted by atomic mass is 9.96. The van der Waals surface area contributed by atoms with Gasteiger partial charge in [-0.2, -0.15) is 0 Å². The molecule has 1 heterocycles. The van der Waals surface area contributed by atoms with Crippen LogP contribution >= 0.6 is 15.9 Å². The summed E-state index contributed by atoms with van der Waals surface area (Å²) in [4.78, 5) is 18.0. The van der Waals surface area contributed by atoms with Crippen LogP contribution < -0.4 is 11.3 Å². The van der Waals surface area contributed by atoms with Crippen molar-refractivity contribution in [1.82, 2.24) is 9.97 Å². The molecule has 0 aliphatic carbocycles. The molecule has 13 heavy (non-hydrogen) atoms. The summed E-state index contributed by atoms with van der Waals surface area (Å²) in [6.45, 7) is 5.90. The highest BCUT2D eigenvalue weighted by molar-refractivity contribution is 9.10. The highest BCUT2D eigenvalue weighted by atomic mass is 79.9. The monoisotopic (exact) mass is 245 g/mol. The summed E-state index contributed by atoms with van der Waals surface area (Å²) in [5.74, 6) is 0.624. The van der Waals surface area contributed by atoms with Crippen molar-refractivity contribution in [2.75, 3.05) is 5.73 Å². The Bertz CT molecular complexity index is 378. The van der Waals surface area contributed by atoms with Crippen molar-refractivity contribution in [2.24, 2.45) is 0 Å². The molecule has 0 radical (unpaired) electrons. The Morgan fingerprint density at radius 1 is 1.46 bits per heavy atom. The number of aromatic amines is 1. The van der Waals surface area contributed by atoms with Crippen LogP contribution in [0.5, 0.6) is 0 Å². The fourth-order valence-corrected chi connectivity index (χ4v) is 1.17. The molecule has 0 fully saturated rings. The number of nitrogens with zero attached hydrogens (tertiary/aromatic N) is 1. The lowest BCUT2D eigenvalue weighted by Gasteiger charge is -2.17. The highest BCUT2D eigenvalue weighted by Gasteiger charge is 2.18. The predicted octanol–water partition coefficient (Wildman–Crippen LogP) is 1.41. The van der Waals surface area contributed by atoms with Gasteiger partial charge in [-0.05, 0) is 15.9 Å². The summed E-state index contributed by atoms with van der Waals surface area (Å²) in [7, 11) is 0. The molecule has 0 aliphatic rings. The lowest BCUT2D eigenvalue weighted by Crippen LogP contribution is -2.24. The Morgan fingerprint density at radius 2 is 2.00 bits per heavy atom. The van der Waals surface area contributed by atoms with Crippen molar-refractivity contribution in [2.45, 2.75) is 26.2 Å². The number of nitrogen functional groups attached to an aromatic ring is 1. The smallest absolute Gasteiger partial charge is 0.275 e. The van der Waals surface area contributed by atoms with E-state index in [0.29, 0.717) is 10.4 Å². The average molecular weight is 246 g/mol. The van der Waals surface area contributed by atoms with Gasteiger partial charge < -0.3 is 10.7 Å². The zero-order chi connectivity index (χ0) is 10.2. The Morgan fingerprint density at radius 3 is 2.38 bits per heavy atom. The normalized spacial score (nSPS) is 11.7. The van der Waals surface area contributed by atoms with Crippen LogP contribution in [0.15, 0.2) is 9.40 Å². The fraction of sp³-hybridized carbons (Fsp3) is 0.500. The third-order valence-electron chi connectivity index (χ3n) is 1.62.